The maximum Gasteiger partial charge on any atom is 0.314 e. The molecule has 3 N–H and O–H groups in total. The molecule has 7 nitrogen and oxygen atoms in total. The van der Waals surface area contributed by atoms with Gasteiger partial charge in [0.1, 0.15) is 0 Å². The second kappa shape index (κ2) is 5.74. The van der Waals surface area contributed by atoms with Gasteiger partial charge in [-0.05, 0) is 24.1 Å². The predicted octanol–water partition coefficient (Wildman–Crippen LogP) is 0.900. The molecule has 0 amide bonds. The lowest BCUT2D eigenvalue weighted by Crippen LogP contribution is -2.28. The van der Waals surface area contributed by atoms with Crippen LogP contribution in [0.3, 0.4) is 0 Å². The molecule has 110 valence electrons. The molecule has 0 aliphatic rings. The average Bonchev–Trinajstić information content (AvgIpc) is 2.38. The van der Waals surface area contributed by atoms with E-state index in [1.54, 1.807) is 6.92 Å². The van der Waals surface area contributed by atoms with Crippen molar-refractivity contribution in [2.24, 2.45) is 5.92 Å². The van der Waals surface area contributed by atoms with Gasteiger partial charge in [0.2, 0.25) is 0 Å². The van der Waals surface area contributed by atoms with E-state index in [1.807, 2.05) is 0 Å². The van der Waals surface area contributed by atoms with Gasteiger partial charge < -0.3 is 15.1 Å². The highest BCUT2D eigenvalue weighted by Gasteiger charge is 2.14. The van der Waals surface area contributed by atoms with E-state index in [2.05, 4.69) is 9.97 Å². The van der Waals surface area contributed by atoms with Crippen LogP contribution < -0.4 is 11.1 Å². The van der Waals surface area contributed by atoms with E-state index in [4.69, 9.17) is 5.11 Å². The number of H-pyrrole nitrogens is 2. The molecule has 0 saturated heterocycles. The number of Topliss-reactive ketones (excluding diaryl/α,β-unsaturated/α-hetero) is 1. The summed E-state index contributed by atoms with van der Waals surface area (Å²) in [5, 5.41) is 8.68. The zero-order valence-electron chi connectivity index (χ0n) is 11.3. The van der Waals surface area contributed by atoms with Crippen LogP contribution in [0.5, 0.6) is 0 Å². The van der Waals surface area contributed by atoms with E-state index in [1.165, 1.54) is 18.2 Å². The Morgan fingerprint density at radius 2 is 1.71 bits per heavy atom. The Kier molecular flexibility index (Phi) is 4.02. The number of fused-ring (bicyclic) bond motifs is 1. The highest BCUT2D eigenvalue weighted by atomic mass is 16.4. The molecule has 2 aromatic rings. The molecule has 1 aromatic carbocycles. The Balaban J connectivity index is 2.28. The average molecular weight is 290 g/mol. The van der Waals surface area contributed by atoms with E-state index in [-0.39, 0.29) is 24.5 Å². The molecule has 1 heterocycles. The molecule has 21 heavy (non-hydrogen) atoms. The SMILES string of the molecule is CC(CC(=O)O)CC(=O)c1ccc2[nH]c(=O)c(=O)[nH]c2c1. The number of aliphatic carboxylic acids is 1. The number of aromatic nitrogens is 2. The lowest BCUT2D eigenvalue weighted by molar-refractivity contribution is -0.137. The Morgan fingerprint density at radius 3 is 2.33 bits per heavy atom. The summed E-state index contributed by atoms with van der Waals surface area (Å²) in [4.78, 5) is 49.9. The highest BCUT2D eigenvalue weighted by molar-refractivity contribution is 5.99. The number of hydrogen-bond donors (Lipinski definition) is 3. The van der Waals surface area contributed by atoms with Crippen LogP contribution in [0, 0.1) is 5.92 Å². The molecule has 2 rings (SSSR count). The summed E-state index contributed by atoms with van der Waals surface area (Å²) in [5.74, 6) is -1.44. The normalized spacial score (nSPS) is 12.2. The zero-order chi connectivity index (χ0) is 15.6. The van der Waals surface area contributed by atoms with Crippen LogP contribution >= 0.6 is 0 Å². The monoisotopic (exact) mass is 290 g/mol. The van der Waals surface area contributed by atoms with Gasteiger partial charge in [-0.3, -0.25) is 19.2 Å². The van der Waals surface area contributed by atoms with E-state index in [9.17, 15) is 19.2 Å². The molecule has 0 aliphatic carbocycles. The third-order valence-electron chi connectivity index (χ3n) is 3.10. The first-order valence-corrected chi connectivity index (χ1v) is 6.38. The van der Waals surface area contributed by atoms with Gasteiger partial charge in [0.15, 0.2) is 5.78 Å². The smallest absolute Gasteiger partial charge is 0.314 e. The summed E-state index contributed by atoms with van der Waals surface area (Å²) < 4.78 is 0. The van der Waals surface area contributed by atoms with Gasteiger partial charge in [0.25, 0.3) is 0 Å². The van der Waals surface area contributed by atoms with Crippen LogP contribution in [0.15, 0.2) is 27.8 Å². The molecule has 0 spiro atoms. The number of carboxylic acids is 1. The Morgan fingerprint density at radius 1 is 1.10 bits per heavy atom. The van der Waals surface area contributed by atoms with Crippen molar-refractivity contribution in [3.63, 3.8) is 0 Å². The van der Waals surface area contributed by atoms with Crippen molar-refractivity contribution in [2.45, 2.75) is 19.8 Å². The predicted molar refractivity (Wildman–Crippen MR) is 75.6 cm³/mol. The lowest BCUT2D eigenvalue weighted by Gasteiger charge is -2.08. The first kappa shape index (κ1) is 14.7. The van der Waals surface area contributed by atoms with E-state index in [0.29, 0.717) is 16.6 Å². The van der Waals surface area contributed by atoms with Gasteiger partial charge >= 0.3 is 17.1 Å². The summed E-state index contributed by atoms with van der Waals surface area (Å²) in [7, 11) is 0. The summed E-state index contributed by atoms with van der Waals surface area (Å²) in [6.07, 6.45) is 0.0227. The highest BCUT2D eigenvalue weighted by Crippen LogP contribution is 2.15. The summed E-state index contributed by atoms with van der Waals surface area (Å²) >= 11 is 0. The van der Waals surface area contributed by atoms with Gasteiger partial charge in [0, 0.05) is 18.4 Å². The molecular weight excluding hydrogens is 276 g/mol. The van der Waals surface area contributed by atoms with Crippen LogP contribution in [-0.4, -0.2) is 26.8 Å². The molecule has 1 atom stereocenters. The van der Waals surface area contributed by atoms with Gasteiger partial charge in [0.05, 0.1) is 11.0 Å². The molecular formula is C14H14N2O5. The fourth-order valence-electron chi connectivity index (χ4n) is 2.09. The second-order valence-electron chi connectivity index (χ2n) is 5.00. The van der Waals surface area contributed by atoms with Crippen molar-refractivity contribution in [2.75, 3.05) is 0 Å². The van der Waals surface area contributed by atoms with Crippen molar-refractivity contribution < 1.29 is 14.7 Å². The molecule has 0 radical (unpaired) electrons. The van der Waals surface area contributed by atoms with Crippen molar-refractivity contribution in [1.29, 1.82) is 0 Å². The van der Waals surface area contributed by atoms with Gasteiger partial charge in [-0.1, -0.05) is 6.92 Å². The standard InChI is InChI=1S/C14H14N2O5/c1-7(5-12(18)19)4-11(17)8-2-3-9-10(6-8)16-14(21)13(20)15-9/h2-3,6-7H,4-5H2,1H3,(H,15,20)(H,16,21)(H,18,19). The fraction of sp³-hybridized carbons (Fsp3) is 0.286. The Bertz CT molecular complexity index is 818. The number of rotatable bonds is 5. The first-order chi connectivity index (χ1) is 9.86. The topological polar surface area (TPSA) is 120 Å². The van der Waals surface area contributed by atoms with Crippen LogP contribution in [0.4, 0.5) is 0 Å². The number of ketones is 1. The van der Waals surface area contributed by atoms with Crippen LogP contribution in [0.25, 0.3) is 11.0 Å². The van der Waals surface area contributed by atoms with Crippen molar-refractivity contribution in [3.8, 4) is 0 Å². The van der Waals surface area contributed by atoms with Crippen molar-refractivity contribution in [3.05, 3.63) is 44.5 Å². The van der Waals surface area contributed by atoms with Gasteiger partial charge in [-0.2, -0.15) is 0 Å². The molecule has 0 aliphatic heterocycles. The Labute approximate surface area is 118 Å². The van der Waals surface area contributed by atoms with Crippen molar-refractivity contribution >= 4 is 22.8 Å². The minimum Gasteiger partial charge on any atom is -0.481 e. The van der Waals surface area contributed by atoms with Crippen LogP contribution in [-0.2, 0) is 4.79 Å². The minimum absolute atomic E-state index is 0.0799. The number of carbonyl (C=O) groups excluding carboxylic acids is 1. The number of carbonyl (C=O) groups is 2. The maximum absolute atomic E-state index is 12.1. The third-order valence-corrected chi connectivity index (χ3v) is 3.10. The van der Waals surface area contributed by atoms with Crippen molar-refractivity contribution in [1.82, 2.24) is 9.97 Å². The molecule has 1 unspecified atom stereocenters. The van der Waals surface area contributed by atoms with E-state index in [0.717, 1.165) is 0 Å². The minimum atomic E-state index is -0.948. The molecule has 0 fully saturated rings. The molecule has 0 saturated carbocycles. The van der Waals surface area contributed by atoms with Crippen LogP contribution in [0.2, 0.25) is 0 Å². The zero-order valence-corrected chi connectivity index (χ0v) is 11.3. The van der Waals surface area contributed by atoms with Gasteiger partial charge in [-0.15, -0.1) is 0 Å². The van der Waals surface area contributed by atoms with E-state index >= 15 is 0 Å². The largest absolute Gasteiger partial charge is 0.481 e. The van der Waals surface area contributed by atoms with E-state index < -0.39 is 17.1 Å². The Hall–Kier alpha value is -2.70. The fourth-order valence-corrected chi connectivity index (χ4v) is 2.09. The maximum atomic E-state index is 12.1. The first-order valence-electron chi connectivity index (χ1n) is 6.38. The number of nitrogens with one attached hydrogen (secondary N) is 2. The molecule has 7 heteroatoms. The molecule has 1 aromatic heterocycles. The van der Waals surface area contributed by atoms with Gasteiger partial charge in [-0.25, -0.2) is 0 Å². The number of aromatic amines is 2. The second-order valence-corrected chi connectivity index (χ2v) is 5.00. The summed E-state index contributed by atoms with van der Waals surface area (Å²) in [5.41, 5.74) is -0.392. The number of carboxylic acid groups (broad SMARTS) is 1. The molecule has 0 bridgehead atoms. The quantitative estimate of drug-likeness (QED) is 0.558. The summed E-state index contributed by atoms with van der Waals surface area (Å²) in [6.45, 7) is 1.69. The van der Waals surface area contributed by atoms with Crippen LogP contribution in [0.1, 0.15) is 30.1 Å². The number of hydrogen-bond acceptors (Lipinski definition) is 4. The number of benzene rings is 1. The summed E-state index contributed by atoms with van der Waals surface area (Å²) in [6, 6.07) is 4.54. The third kappa shape index (κ3) is 3.44. The lowest BCUT2D eigenvalue weighted by atomic mass is 9.97.